The Morgan fingerprint density at radius 1 is 0.559 bits per heavy atom. The van der Waals surface area contributed by atoms with Crippen molar-refractivity contribution in [2.75, 3.05) is 16.5 Å². The SMILES string of the molecule is [2H]C(C)(C)c1cc(Oc2ccc3c4ccccc4n(-c4cc(C(C)(C)C)ccn4)c3c2)cc(N2CN(c3c(-c4cc(F)cc(F)c4)cc(C(C)(C)C)cc3-c3cc(F)cc(F)c3)c3ccccc32)c1. The summed E-state index contributed by atoms with van der Waals surface area (Å²) in [6.45, 7) is 16.4. The van der Waals surface area contributed by atoms with E-state index in [-0.39, 0.29) is 23.2 Å². The summed E-state index contributed by atoms with van der Waals surface area (Å²) in [5.74, 6) is -2.17. The van der Waals surface area contributed by atoms with Gasteiger partial charge in [-0.05, 0) is 136 Å². The minimum atomic E-state index is -1.04. The van der Waals surface area contributed by atoms with Crippen LogP contribution in [0.15, 0.2) is 152 Å². The summed E-state index contributed by atoms with van der Waals surface area (Å²) in [6.07, 6.45) is 1.86. The van der Waals surface area contributed by atoms with Crippen molar-refractivity contribution in [3.63, 3.8) is 0 Å². The van der Waals surface area contributed by atoms with Gasteiger partial charge in [-0.25, -0.2) is 22.5 Å². The van der Waals surface area contributed by atoms with Gasteiger partial charge in [0.05, 0.1) is 28.1 Å². The molecule has 9 heteroatoms. The minimum Gasteiger partial charge on any atom is -0.457 e. The Bertz CT molecular complexity index is 3380. The number of pyridine rings is 1. The zero-order chi connectivity index (χ0) is 48.7. The van der Waals surface area contributed by atoms with Crippen LogP contribution < -0.4 is 14.5 Å². The molecule has 0 fully saturated rings. The number of benzene rings is 7. The van der Waals surface area contributed by atoms with Crippen molar-refractivity contribution in [1.82, 2.24) is 9.55 Å². The van der Waals surface area contributed by atoms with Gasteiger partial charge < -0.3 is 14.5 Å². The lowest BCUT2D eigenvalue weighted by molar-refractivity contribution is 0.482. The maximum atomic E-state index is 15.2. The van der Waals surface area contributed by atoms with Crippen LogP contribution in [0.25, 0.3) is 49.9 Å². The molecule has 68 heavy (non-hydrogen) atoms. The molecule has 342 valence electrons. The molecule has 0 aliphatic carbocycles. The van der Waals surface area contributed by atoms with E-state index in [1.54, 1.807) is 0 Å². The van der Waals surface area contributed by atoms with Crippen LogP contribution >= 0.6 is 0 Å². The van der Waals surface area contributed by atoms with Crippen LogP contribution in [0.4, 0.5) is 40.3 Å². The highest BCUT2D eigenvalue weighted by atomic mass is 19.1. The van der Waals surface area contributed by atoms with E-state index < -0.39 is 34.6 Å². The molecule has 3 heterocycles. The van der Waals surface area contributed by atoms with Crippen molar-refractivity contribution < 1.29 is 23.7 Å². The number of aromatic nitrogens is 2. The van der Waals surface area contributed by atoms with Crippen molar-refractivity contribution in [2.24, 2.45) is 0 Å². The molecule has 0 radical (unpaired) electrons. The Labute approximate surface area is 396 Å². The fourth-order valence-corrected chi connectivity index (χ4v) is 9.33. The molecular formula is C59H52F4N4O. The highest BCUT2D eigenvalue weighted by Gasteiger charge is 2.33. The molecule has 0 atom stereocenters. The van der Waals surface area contributed by atoms with Gasteiger partial charge in [-0.15, -0.1) is 0 Å². The number of fused-ring (bicyclic) bond motifs is 4. The van der Waals surface area contributed by atoms with E-state index in [4.69, 9.17) is 9.72 Å². The van der Waals surface area contributed by atoms with Gasteiger partial charge in [0, 0.05) is 59.4 Å². The molecule has 7 aromatic carbocycles. The smallest absolute Gasteiger partial charge is 0.137 e. The summed E-state index contributed by atoms with van der Waals surface area (Å²) in [5.41, 5.74) is 8.33. The zero-order valence-corrected chi connectivity index (χ0v) is 39.3. The van der Waals surface area contributed by atoms with Crippen LogP contribution in [-0.2, 0) is 10.8 Å². The Hall–Kier alpha value is -7.39. The first kappa shape index (κ1) is 43.2. The molecule has 0 unspecified atom stereocenters. The average Bonchev–Trinajstić information content (AvgIpc) is 3.83. The Kier molecular flexibility index (Phi) is 10.6. The van der Waals surface area contributed by atoms with Crippen LogP contribution in [0.3, 0.4) is 0 Å². The van der Waals surface area contributed by atoms with Crippen LogP contribution in [0.5, 0.6) is 11.5 Å². The summed E-state index contributed by atoms with van der Waals surface area (Å²) >= 11 is 0. The second-order valence-corrected chi connectivity index (χ2v) is 20.0. The minimum absolute atomic E-state index is 0.0884. The summed E-state index contributed by atoms with van der Waals surface area (Å²) in [7, 11) is 0. The Balaban J connectivity index is 1.13. The second kappa shape index (κ2) is 16.7. The molecule has 2 aromatic heterocycles. The molecule has 1 aliphatic heterocycles. The third-order valence-corrected chi connectivity index (χ3v) is 12.8. The van der Waals surface area contributed by atoms with E-state index >= 15 is 17.6 Å². The third kappa shape index (κ3) is 8.24. The first-order valence-corrected chi connectivity index (χ1v) is 22.8. The van der Waals surface area contributed by atoms with Crippen LogP contribution in [-0.4, -0.2) is 16.2 Å². The van der Waals surface area contributed by atoms with E-state index in [9.17, 15) is 1.37 Å². The molecule has 9 aromatic rings. The molecule has 10 rings (SSSR count). The number of ether oxygens (including phenoxy) is 1. The van der Waals surface area contributed by atoms with E-state index in [2.05, 4.69) is 60.6 Å². The molecular weight excluding hydrogens is 857 g/mol. The largest absolute Gasteiger partial charge is 0.457 e. The van der Waals surface area contributed by atoms with Crippen molar-refractivity contribution in [1.29, 1.82) is 0 Å². The predicted octanol–water partition coefficient (Wildman–Crippen LogP) is 16.8. The lowest BCUT2D eigenvalue weighted by atomic mass is 9.82. The number of anilines is 4. The second-order valence-electron chi connectivity index (χ2n) is 20.0. The van der Waals surface area contributed by atoms with E-state index in [0.717, 1.165) is 67.9 Å². The van der Waals surface area contributed by atoms with Crippen molar-refractivity contribution in [3.8, 4) is 39.6 Å². The monoisotopic (exact) mass is 909 g/mol. The normalized spacial score (nSPS) is 13.4. The summed E-state index contributed by atoms with van der Waals surface area (Å²) in [4.78, 5) is 8.96. The number of hydrogen-bond acceptors (Lipinski definition) is 4. The number of rotatable bonds is 8. The lowest BCUT2D eigenvalue weighted by Crippen LogP contribution is -2.25. The summed E-state index contributed by atoms with van der Waals surface area (Å²) in [5, 5.41) is 2.14. The fourth-order valence-electron chi connectivity index (χ4n) is 9.33. The lowest BCUT2D eigenvalue weighted by Gasteiger charge is -2.30. The first-order valence-electron chi connectivity index (χ1n) is 23.3. The van der Waals surface area contributed by atoms with E-state index in [1.165, 1.54) is 24.3 Å². The molecule has 0 N–H and O–H groups in total. The van der Waals surface area contributed by atoms with Crippen LogP contribution in [0.2, 0.25) is 0 Å². The first-order chi connectivity index (χ1) is 32.7. The van der Waals surface area contributed by atoms with Crippen molar-refractivity contribution in [2.45, 2.75) is 72.1 Å². The zero-order valence-electron chi connectivity index (χ0n) is 40.3. The quantitative estimate of drug-likeness (QED) is 0.142. The van der Waals surface area contributed by atoms with E-state index in [0.29, 0.717) is 33.9 Å². The van der Waals surface area contributed by atoms with Crippen LogP contribution in [0.1, 0.15) is 79.3 Å². The topological polar surface area (TPSA) is 33.5 Å². The standard InChI is InChI=1S/C59H52F4N4O/c1-35(2)36-25-45(32-47(26-36)68-46-17-18-49-48-13-9-10-14-52(48)67(55(49)33-46)56-29-39(19-20-64-56)58(3,4)5)65-34-66(54-16-12-11-15-53(54)65)57-50(37-21-41(60)30-42(61)22-37)27-40(59(6,7)8)28-51(57)38-23-43(62)31-44(63)24-38/h9-33,35H,34H2,1-8H3/i35D. The van der Waals surface area contributed by atoms with Crippen molar-refractivity contribution in [3.05, 3.63) is 192 Å². The van der Waals surface area contributed by atoms with Gasteiger partial charge in [0.1, 0.15) is 47.3 Å². The highest BCUT2D eigenvalue weighted by Crippen LogP contribution is 2.52. The Morgan fingerprint density at radius 3 is 1.74 bits per heavy atom. The Morgan fingerprint density at radius 2 is 1.13 bits per heavy atom. The molecule has 0 saturated heterocycles. The molecule has 1 aliphatic rings. The highest BCUT2D eigenvalue weighted by molar-refractivity contribution is 6.09. The maximum Gasteiger partial charge on any atom is 0.137 e. The van der Waals surface area contributed by atoms with Gasteiger partial charge in [-0.2, -0.15) is 0 Å². The number of hydrogen-bond donors (Lipinski definition) is 0. The number of nitrogens with zero attached hydrogens (tertiary/aromatic N) is 4. The molecule has 5 nitrogen and oxygen atoms in total. The average molecular weight is 910 g/mol. The number of para-hydroxylation sites is 3. The maximum absolute atomic E-state index is 15.2. The van der Waals surface area contributed by atoms with Gasteiger partial charge in [-0.3, -0.25) is 4.57 Å². The van der Waals surface area contributed by atoms with Gasteiger partial charge in [0.15, 0.2) is 0 Å². The summed E-state index contributed by atoms with van der Waals surface area (Å²) < 4.78 is 79.1. The third-order valence-electron chi connectivity index (χ3n) is 12.8. The number of halogens is 4. The molecule has 0 saturated carbocycles. The molecule has 0 spiro atoms. The molecule has 0 bridgehead atoms. The van der Waals surface area contributed by atoms with Crippen molar-refractivity contribution >= 4 is 44.6 Å². The summed E-state index contributed by atoms with van der Waals surface area (Å²) in [6, 6.07) is 42.7. The van der Waals surface area contributed by atoms with Crippen LogP contribution in [0, 0.1) is 23.3 Å². The van der Waals surface area contributed by atoms with E-state index in [1.807, 2.05) is 125 Å². The van der Waals surface area contributed by atoms with Gasteiger partial charge in [0.2, 0.25) is 0 Å². The van der Waals surface area contributed by atoms with Gasteiger partial charge in [-0.1, -0.05) is 85.7 Å². The fraction of sp³-hybridized carbons (Fsp3) is 0.203. The molecule has 0 amide bonds. The van der Waals surface area contributed by atoms with Gasteiger partial charge >= 0.3 is 0 Å². The van der Waals surface area contributed by atoms with Gasteiger partial charge in [0.25, 0.3) is 0 Å². The predicted molar refractivity (Wildman–Crippen MR) is 269 cm³/mol.